The van der Waals surface area contributed by atoms with Gasteiger partial charge in [-0.15, -0.1) is 5.10 Å². The molecule has 1 aromatic carbocycles. The van der Waals surface area contributed by atoms with Crippen LogP contribution in [0, 0.1) is 0 Å². The highest BCUT2D eigenvalue weighted by atomic mass is 79.9. The first-order chi connectivity index (χ1) is 11.6. The van der Waals surface area contributed by atoms with E-state index >= 15 is 0 Å². The van der Waals surface area contributed by atoms with E-state index in [1.807, 2.05) is 37.3 Å². The average molecular weight is 408 g/mol. The fraction of sp³-hybridized carbons (Fsp3) is 0.200. The van der Waals surface area contributed by atoms with Crippen LogP contribution in [-0.4, -0.2) is 31.4 Å². The number of nitrogens with one attached hydrogen (secondary N) is 1. The van der Waals surface area contributed by atoms with Gasteiger partial charge in [0.05, 0.1) is 11.5 Å². The molecule has 0 saturated heterocycles. The van der Waals surface area contributed by atoms with E-state index in [4.69, 9.17) is 4.42 Å². The number of rotatable bonds is 6. The molecule has 24 heavy (non-hydrogen) atoms. The summed E-state index contributed by atoms with van der Waals surface area (Å²) in [5.74, 6) is 0.631. The van der Waals surface area contributed by atoms with E-state index in [1.54, 1.807) is 17.0 Å². The predicted octanol–water partition coefficient (Wildman–Crippen LogP) is 3.20. The normalized spacial score (nSPS) is 12.1. The number of furan rings is 1. The predicted molar refractivity (Wildman–Crippen MR) is 93.7 cm³/mol. The molecule has 0 fully saturated rings. The number of nitrogens with zero attached hydrogens (tertiary/aromatic N) is 4. The summed E-state index contributed by atoms with van der Waals surface area (Å²) in [6.07, 6.45) is 1.60. The summed E-state index contributed by atoms with van der Waals surface area (Å²) in [4.78, 5) is 12.3. The van der Waals surface area contributed by atoms with Gasteiger partial charge < -0.3 is 9.73 Å². The number of thioether (sulfide) groups is 1. The van der Waals surface area contributed by atoms with Crippen molar-refractivity contribution in [2.75, 3.05) is 5.32 Å². The van der Waals surface area contributed by atoms with Crippen LogP contribution in [0.2, 0.25) is 0 Å². The first-order valence-corrected chi connectivity index (χ1v) is 8.81. The Balaban J connectivity index is 1.62. The van der Waals surface area contributed by atoms with Gasteiger partial charge in [0.2, 0.25) is 11.1 Å². The van der Waals surface area contributed by atoms with E-state index < -0.39 is 0 Å². The van der Waals surface area contributed by atoms with Gasteiger partial charge >= 0.3 is 0 Å². The quantitative estimate of drug-likeness (QED) is 0.631. The number of carbonyl (C=O) groups excluding carboxylic acids is 1. The zero-order valence-corrected chi connectivity index (χ0v) is 15.1. The molecule has 2 heterocycles. The average Bonchev–Trinajstić information content (AvgIpc) is 3.22. The molecule has 0 aliphatic rings. The number of benzene rings is 1. The van der Waals surface area contributed by atoms with Gasteiger partial charge in [0.1, 0.15) is 12.3 Å². The van der Waals surface area contributed by atoms with Crippen LogP contribution < -0.4 is 5.32 Å². The van der Waals surface area contributed by atoms with Gasteiger partial charge in [0.15, 0.2) is 0 Å². The summed E-state index contributed by atoms with van der Waals surface area (Å²) in [5, 5.41) is 14.7. The van der Waals surface area contributed by atoms with Crippen molar-refractivity contribution in [3.8, 4) is 0 Å². The van der Waals surface area contributed by atoms with Crippen LogP contribution >= 0.6 is 27.7 Å². The van der Waals surface area contributed by atoms with Gasteiger partial charge in [-0.05, 0) is 53.7 Å². The van der Waals surface area contributed by atoms with Gasteiger partial charge in [0.25, 0.3) is 0 Å². The third-order valence-electron chi connectivity index (χ3n) is 3.15. The lowest BCUT2D eigenvalue weighted by molar-refractivity contribution is -0.115. The van der Waals surface area contributed by atoms with E-state index in [9.17, 15) is 4.79 Å². The second-order valence-corrected chi connectivity index (χ2v) is 7.18. The highest BCUT2D eigenvalue weighted by Crippen LogP contribution is 2.22. The monoisotopic (exact) mass is 407 g/mol. The van der Waals surface area contributed by atoms with Crippen molar-refractivity contribution >= 4 is 39.3 Å². The zero-order valence-electron chi connectivity index (χ0n) is 12.7. The van der Waals surface area contributed by atoms with Crippen molar-refractivity contribution in [2.24, 2.45) is 0 Å². The number of hydrogen-bond donors (Lipinski definition) is 1. The molecule has 0 radical (unpaired) electrons. The zero-order chi connectivity index (χ0) is 16.9. The van der Waals surface area contributed by atoms with Crippen LogP contribution in [0.5, 0.6) is 0 Å². The summed E-state index contributed by atoms with van der Waals surface area (Å²) >= 11 is 4.66. The maximum absolute atomic E-state index is 12.3. The van der Waals surface area contributed by atoms with E-state index in [2.05, 4.69) is 36.8 Å². The number of anilines is 1. The minimum Gasteiger partial charge on any atom is -0.467 e. The fourth-order valence-corrected chi connectivity index (χ4v) is 2.97. The number of hydrogen-bond acceptors (Lipinski definition) is 6. The van der Waals surface area contributed by atoms with Crippen LogP contribution in [-0.2, 0) is 11.3 Å². The van der Waals surface area contributed by atoms with Crippen LogP contribution in [0.15, 0.2) is 56.7 Å². The van der Waals surface area contributed by atoms with Gasteiger partial charge in [0, 0.05) is 10.2 Å². The molecule has 3 rings (SSSR count). The number of halogens is 1. The Labute approximate surface area is 150 Å². The van der Waals surface area contributed by atoms with Gasteiger partial charge in [-0.2, -0.15) is 0 Å². The molecule has 0 spiro atoms. The van der Waals surface area contributed by atoms with Gasteiger partial charge in [-0.25, -0.2) is 4.68 Å². The second kappa shape index (κ2) is 7.63. The molecule has 0 saturated carbocycles. The van der Waals surface area contributed by atoms with Crippen LogP contribution in [0.3, 0.4) is 0 Å². The van der Waals surface area contributed by atoms with Crippen molar-refractivity contribution in [3.63, 3.8) is 0 Å². The van der Waals surface area contributed by atoms with Gasteiger partial charge in [-0.3, -0.25) is 4.79 Å². The Bertz CT molecular complexity index is 804. The Morgan fingerprint density at radius 1 is 1.38 bits per heavy atom. The van der Waals surface area contributed by atoms with Crippen molar-refractivity contribution in [1.29, 1.82) is 0 Å². The number of amides is 1. The SMILES string of the molecule is CC(Sc1nnnn1Cc1ccco1)C(=O)Nc1ccc(Br)cc1. The lowest BCUT2D eigenvalue weighted by atomic mass is 10.3. The van der Waals surface area contributed by atoms with E-state index in [0.717, 1.165) is 15.9 Å². The maximum atomic E-state index is 12.3. The van der Waals surface area contributed by atoms with Crippen molar-refractivity contribution in [2.45, 2.75) is 23.9 Å². The summed E-state index contributed by atoms with van der Waals surface area (Å²) < 4.78 is 7.86. The molecule has 9 heteroatoms. The fourth-order valence-electron chi connectivity index (χ4n) is 1.92. The number of carbonyl (C=O) groups is 1. The number of aromatic nitrogens is 4. The largest absolute Gasteiger partial charge is 0.467 e. The molecule has 7 nitrogen and oxygen atoms in total. The van der Waals surface area contributed by atoms with Crippen molar-refractivity contribution in [1.82, 2.24) is 20.2 Å². The van der Waals surface area contributed by atoms with Crippen LogP contribution in [0.1, 0.15) is 12.7 Å². The Morgan fingerprint density at radius 2 is 2.17 bits per heavy atom. The maximum Gasteiger partial charge on any atom is 0.237 e. The van der Waals surface area contributed by atoms with Crippen LogP contribution in [0.25, 0.3) is 0 Å². The molecule has 2 aromatic heterocycles. The van der Waals surface area contributed by atoms with Crippen molar-refractivity contribution < 1.29 is 9.21 Å². The molecular weight excluding hydrogens is 394 g/mol. The lowest BCUT2D eigenvalue weighted by Crippen LogP contribution is -2.23. The number of tetrazole rings is 1. The molecule has 3 aromatic rings. The van der Waals surface area contributed by atoms with E-state index in [0.29, 0.717) is 11.7 Å². The molecule has 0 aliphatic heterocycles. The molecule has 1 unspecified atom stereocenters. The Hall–Kier alpha value is -2.13. The van der Waals surface area contributed by atoms with E-state index in [1.165, 1.54) is 11.8 Å². The standard InChI is InChI=1S/C15H14BrN5O2S/c1-10(14(22)17-12-6-4-11(16)5-7-12)24-15-18-19-20-21(15)9-13-3-2-8-23-13/h2-8,10H,9H2,1H3,(H,17,22). The first-order valence-electron chi connectivity index (χ1n) is 7.13. The van der Waals surface area contributed by atoms with E-state index in [-0.39, 0.29) is 11.2 Å². The summed E-state index contributed by atoms with van der Waals surface area (Å²) in [5.41, 5.74) is 0.742. The summed E-state index contributed by atoms with van der Waals surface area (Å²) in [6, 6.07) is 11.1. The Morgan fingerprint density at radius 3 is 2.88 bits per heavy atom. The molecule has 1 atom stereocenters. The molecule has 1 amide bonds. The molecule has 124 valence electrons. The lowest BCUT2D eigenvalue weighted by Gasteiger charge is -2.11. The van der Waals surface area contributed by atoms with Gasteiger partial charge in [-0.1, -0.05) is 27.7 Å². The topological polar surface area (TPSA) is 85.8 Å². The first kappa shape index (κ1) is 16.7. The highest BCUT2D eigenvalue weighted by Gasteiger charge is 2.19. The molecule has 0 aliphatic carbocycles. The molecular formula is C15H14BrN5O2S. The highest BCUT2D eigenvalue weighted by molar-refractivity contribution is 9.10. The van der Waals surface area contributed by atoms with Crippen molar-refractivity contribution in [3.05, 3.63) is 52.9 Å². The smallest absolute Gasteiger partial charge is 0.237 e. The third-order valence-corrected chi connectivity index (χ3v) is 4.75. The molecule has 0 bridgehead atoms. The minimum atomic E-state index is -0.352. The second-order valence-electron chi connectivity index (χ2n) is 4.95. The molecule has 1 N–H and O–H groups in total. The third kappa shape index (κ3) is 4.24. The minimum absolute atomic E-state index is 0.116. The summed E-state index contributed by atoms with van der Waals surface area (Å²) in [6.45, 7) is 2.23. The Kier molecular flexibility index (Phi) is 5.31. The summed E-state index contributed by atoms with van der Waals surface area (Å²) in [7, 11) is 0. The van der Waals surface area contributed by atoms with Crippen LogP contribution in [0.4, 0.5) is 5.69 Å².